The Morgan fingerprint density at radius 3 is 2.83 bits per heavy atom. The largest absolute Gasteiger partial charge is 0.505 e. The zero-order valence-electron chi connectivity index (χ0n) is 10.2. The number of esters is 1. The van der Waals surface area contributed by atoms with Gasteiger partial charge in [0, 0.05) is 5.39 Å². The smallest absolute Gasteiger partial charge is 0.358 e. The van der Waals surface area contributed by atoms with Crippen LogP contribution < -0.4 is 0 Å². The molecule has 0 saturated heterocycles. The van der Waals surface area contributed by atoms with Gasteiger partial charge in [0.1, 0.15) is 0 Å². The van der Waals surface area contributed by atoms with Crippen LogP contribution in [0.4, 0.5) is 0 Å². The van der Waals surface area contributed by atoms with Crippen LogP contribution in [0.3, 0.4) is 0 Å². The lowest BCUT2D eigenvalue weighted by Crippen LogP contribution is -2.10. The van der Waals surface area contributed by atoms with E-state index in [0.29, 0.717) is 11.9 Å². The summed E-state index contributed by atoms with van der Waals surface area (Å²) in [4.78, 5) is 11.7. The molecule has 0 spiro atoms. The number of carbonyl (C=O) groups is 1. The minimum Gasteiger partial charge on any atom is -0.505 e. The minimum absolute atomic E-state index is 0.0599. The summed E-state index contributed by atoms with van der Waals surface area (Å²) in [5.74, 6) is 5.03. The Labute approximate surface area is 105 Å². The normalized spacial score (nSPS) is 9.89. The van der Waals surface area contributed by atoms with E-state index in [0.717, 1.165) is 5.52 Å². The lowest BCUT2D eigenvalue weighted by atomic mass is 10.2. The third kappa shape index (κ3) is 1.80. The first kappa shape index (κ1) is 12.1. The molecule has 1 heterocycles. The van der Waals surface area contributed by atoms with Gasteiger partial charge < -0.3 is 14.4 Å². The van der Waals surface area contributed by atoms with Gasteiger partial charge in [-0.05, 0) is 19.1 Å². The van der Waals surface area contributed by atoms with E-state index in [2.05, 4.69) is 11.8 Å². The molecule has 0 fully saturated rings. The minimum atomic E-state index is -0.568. The van der Waals surface area contributed by atoms with Crippen LogP contribution >= 0.6 is 0 Å². The highest BCUT2D eigenvalue weighted by Crippen LogP contribution is 2.32. The van der Waals surface area contributed by atoms with Crippen LogP contribution in [0.15, 0.2) is 24.3 Å². The molecule has 1 aromatic carbocycles. The highest BCUT2D eigenvalue weighted by molar-refractivity contribution is 6.01. The van der Waals surface area contributed by atoms with Crippen molar-refractivity contribution in [3.63, 3.8) is 0 Å². The monoisotopic (exact) mass is 243 g/mol. The Kier molecular flexibility index (Phi) is 3.24. The van der Waals surface area contributed by atoms with Gasteiger partial charge in [0.2, 0.25) is 0 Å². The average Bonchev–Trinajstić information content (AvgIpc) is 2.69. The first-order valence-electron chi connectivity index (χ1n) is 5.48. The van der Waals surface area contributed by atoms with Crippen molar-refractivity contribution in [3.05, 3.63) is 30.0 Å². The Bertz CT molecular complexity index is 659. The second kappa shape index (κ2) is 4.84. The van der Waals surface area contributed by atoms with Gasteiger partial charge in [-0.1, -0.05) is 18.1 Å². The van der Waals surface area contributed by atoms with E-state index in [-0.39, 0.29) is 11.4 Å². The topological polar surface area (TPSA) is 51.5 Å². The van der Waals surface area contributed by atoms with Crippen molar-refractivity contribution in [1.29, 1.82) is 0 Å². The van der Waals surface area contributed by atoms with Gasteiger partial charge >= 0.3 is 5.97 Å². The quantitative estimate of drug-likeness (QED) is 0.649. The Morgan fingerprint density at radius 2 is 2.17 bits per heavy atom. The third-order valence-electron chi connectivity index (χ3n) is 2.74. The molecule has 0 atom stereocenters. The van der Waals surface area contributed by atoms with Gasteiger partial charge in [-0.2, -0.15) is 0 Å². The molecule has 0 aliphatic carbocycles. The zero-order chi connectivity index (χ0) is 13.1. The van der Waals surface area contributed by atoms with Crippen LogP contribution in [-0.2, 0) is 11.3 Å². The molecule has 92 valence electrons. The number of aromatic nitrogens is 1. The predicted molar refractivity (Wildman–Crippen MR) is 68.4 cm³/mol. The maximum absolute atomic E-state index is 11.7. The number of carbonyl (C=O) groups excluding carboxylic acids is 1. The van der Waals surface area contributed by atoms with Gasteiger partial charge in [-0.3, -0.25) is 0 Å². The summed E-state index contributed by atoms with van der Waals surface area (Å²) >= 11 is 0. The van der Waals surface area contributed by atoms with E-state index in [1.165, 1.54) is 7.11 Å². The molecule has 0 aliphatic heterocycles. The lowest BCUT2D eigenvalue weighted by Gasteiger charge is -2.05. The molecule has 4 nitrogen and oxygen atoms in total. The Hall–Kier alpha value is -2.41. The van der Waals surface area contributed by atoms with Crippen LogP contribution in [0.5, 0.6) is 5.75 Å². The van der Waals surface area contributed by atoms with Gasteiger partial charge in [0.25, 0.3) is 0 Å². The number of nitrogens with zero attached hydrogens (tertiary/aromatic N) is 1. The standard InChI is InChI=1S/C14H13NO3/c1-3-4-9-15-11-8-6-5-7-10(11)13(16)12(15)14(17)18-2/h5-8,16H,9H2,1-2H3. The van der Waals surface area contributed by atoms with Crippen molar-refractivity contribution in [3.8, 4) is 17.6 Å². The van der Waals surface area contributed by atoms with Crippen molar-refractivity contribution in [2.24, 2.45) is 0 Å². The molecule has 2 aromatic rings. The van der Waals surface area contributed by atoms with Gasteiger partial charge in [-0.15, -0.1) is 5.92 Å². The number of methoxy groups -OCH3 is 1. The highest BCUT2D eigenvalue weighted by Gasteiger charge is 2.22. The van der Waals surface area contributed by atoms with Crippen LogP contribution in [0.2, 0.25) is 0 Å². The molecule has 0 radical (unpaired) electrons. The number of hydrogen-bond acceptors (Lipinski definition) is 3. The van der Waals surface area contributed by atoms with Crippen molar-refractivity contribution in [2.75, 3.05) is 7.11 Å². The molecule has 2 rings (SSSR count). The molecular weight excluding hydrogens is 230 g/mol. The fourth-order valence-corrected chi connectivity index (χ4v) is 1.91. The number of para-hydroxylation sites is 1. The SMILES string of the molecule is CC#CCn1c(C(=O)OC)c(O)c2ccccc21. The van der Waals surface area contributed by atoms with Crippen LogP contribution in [0, 0.1) is 11.8 Å². The summed E-state index contributed by atoms with van der Waals surface area (Å²) in [7, 11) is 1.29. The van der Waals surface area contributed by atoms with E-state index in [1.807, 2.05) is 12.1 Å². The van der Waals surface area contributed by atoms with Crippen LogP contribution in [0.1, 0.15) is 17.4 Å². The molecule has 0 unspecified atom stereocenters. The first-order chi connectivity index (χ1) is 8.70. The molecule has 0 amide bonds. The van der Waals surface area contributed by atoms with Gasteiger partial charge in [-0.25, -0.2) is 4.79 Å². The summed E-state index contributed by atoms with van der Waals surface area (Å²) in [6, 6.07) is 7.24. The lowest BCUT2D eigenvalue weighted by molar-refractivity contribution is 0.0586. The summed E-state index contributed by atoms with van der Waals surface area (Å²) in [6.45, 7) is 2.06. The summed E-state index contributed by atoms with van der Waals surface area (Å²) < 4.78 is 6.36. The summed E-state index contributed by atoms with van der Waals surface area (Å²) in [5, 5.41) is 10.7. The molecular formula is C14H13NO3. The molecule has 0 saturated carbocycles. The fourth-order valence-electron chi connectivity index (χ4n) is 1.91. The number of fused-ring (bicyclic) bond motifs is 1. The predicted octanol–water partition coefficient (Wildman–Crippen LogP) is 2.16. The fraction of sp³-hybridized carbons (Fsp3) is 0.214. The van der Waals surface area contributed by atoms with Gasteiger partial charge in [0.05, 0.1) is 19.2 Å². The number of aromatic hydroxyl groups is 1. The Morgan fingerprint density at radius 1 is 1.44 bits per heavy atom. The maximum Gasteiger partial charge on any atom is 0.358 e. The second-order valence-electron chi connectivity index (χ2n) is 3.72. The van der Waals surface area contributed by atoms with Crippen molar-refractivity contribution < 1.29 is 14.6 Å². The van der Waals surface area contributed by atoms with Crippen molar-refractivity contribution in [1.82, 2.24) is 4.57 Å². The molecule has 0 aliphatic rings. The molecule has 4 heteroatoms. The van der Waals surface area contributed by atoms with E-state index < -0.39 is 5.97 Å². The van der Waals surface area contributed by atoms with E-state index in [4.69, 9.17) is 4.74 Å². The number of ether oxygens (including phenoxy) is 1. The van der Waals surface area contributed by atoms with Gasteiger partial charge in [0.15, 0.2) is 11.4 Å². The van der Waals surface area contributed by atoms with E-state index >= 15 is 0 Å². The molecule has 0 bridgehead atoms. The summed E-state index contributed by atoms with van der Waals surface area (Å²) in [5.41, 5.74) is 0.902. The summed E-state index contributed by atoms with van der Waals surface area (Å²) in [6.07, 6.45) is 0. The third-order valence-corrected chi connectivity index (χ3v) is 2.74. The van der Waals surface area contributed by atoms with Crippen molar-refractivity contribution >= 4 is 16.9 Å². The van der Waals surface area contributed by atoms with E-state index in [9.17, 15) is 9.90 Å². The first-order valence-corrected chi connectivity index (χ1v) is 5.48. The highest BCUT2D eigenvalue weighted by atomic mass is 16.5. The molecule has 1 N–H and O–H groups in total. The molecule has 18 heavy (non-hydrogen) atoms. The number of benzene rings is 1. The number of rotatable bonds is 2. The van der Waals surface area contributed by atoms with Crippen LogP contribution in [0.25, 0.3) is 10.9 Å². The number of hydrogen-bond donors (Lipinski definition) is 1. The van der Waals surface area contributed by atoms with E-state index in [1.54, 1.807) is 23.6 Å². The molecule has 1 aromatic heterocycles. The zero-order valence-corrected chi connectivity index (χ0v) is 10.2. The van der Waals surface area contributed by atoms with Crippen LogP contribution in [-0.4, -0.2) is 22.8 Å². The maximum atomic E-state index is 11.7. The second-order valence-corrected chi connectivity index (χ2v) is 3.72. The van der Waals surface area contributed by atoms with Crippen molar-refractivity contribution in [2.45, 2.75) is 13.5 Å². The average molecular weight is 243 g/mol. The Balaban J connectivity index is 2.75.